The second-order valence-corrected chi connectivity index (χ2v) is 15.3. The molecule has 2 heterocycles. The Kier molecular flexibility index (Phi) is 8.26. The van der Waals surface area contributed by atoms with E-state index in [1.165, 1.54) is 4.90 Å². The van der Waals surface area contributed by atoms with Gasteiger partial charge in [-0.1, -0.05) is 97.2 Å². The Labute approximate surface area is 291 Å². The summed E-state index contributed by atoms with van der Waals surface area (Å²) in [6.45, 7) is 3.72. The van der Waals surface area contributed by atoms with Gasteiger partial charge in [-0.05, 0) is 67.5 Å². The number of halogens is 3. The van der Waals surface area contributed by atoms with E-state index < -0.39 is 12.1 Å². The van der Waals surface area contributed by atoms with Gasteiger partial charge in [-0.3, -0.25) is 19.3 Å². The highest BCUT2D eigenvalue weighted by Gasteiger charge is 2.66. The lowest BCUT2D eigenvalue weighted by molar-refractivity contribution is -0.123. The van der Waals surface area contributed by atoms with Crippen LogP contribution < -0.4 is 4.90 Å². The highest BCUT2D eigenvalue weighted by atomic mass is 79.9. The van der Waals surface area contributed by atoms with E-state index in [0.717, 1.165) is 16.5 Å². The molecule has 1 aromatic heterocycles. The maximum absolute atomic E-state index is 13.8. The van der Waals surface area contributed by atoms with E-state index in [2.05, 4.69) is 47.8 Å². The number of Topliss-reactive ketones (excluding diaryl/α,β-unsaturated/α-hetero) is 1. The molecule has 3 fully saturated rings. The molecule has 3 aromatic carbocycles. The number of hydrogen-bond acceptors (Lipinski definition) is 6. The molecule has 234 valence electrons. The van der Waals surface area contributed by atoms with Crippen LogP contribution in [0.5, 0.6) is 0 Å². The summed E-state index contributed by atoms with van der Waals surface area (Å²) in [7, 11) is 0. The number of amides is 2. The predicted molar refractivity (Wildman–Crippen MR) is 186 cm³/mol. The van der Waals surface area contributed by atoms with Crippen molar-refractivity contribution in [2.45, 2.75) is 42.4 Å². The van der Waals surface area contributed by atoms with E-state index in [1.807, 2.05) is 44.2 Å². The number of anilines is 1. The van der Waals surface area contributed by atoms with E-state index in [-0.39, 0.29) is 56.5 Å². The van der Waals surface area contributed by atoms with Crippen molar-refractivity contribution in [2.24, 2.45) is 23.7 Å². The summed E-state index contributed by atoms with van der Waals surface area (Å²) in [5.74, 6) is -1.47. The number of rotatable bonds is 7. The standard InChI is InChI=1S/C36H29Br3N2O5/c1-3-27(33(42)19-7-5-4-6-8-19)46-36(45)23-16-26(40-32-17(2)13-20(37)14-22(23)32)18-9-11-21(12-10-18)41-34(43)28-24-15-25(29(28)35(41)44)31(39)30(24)38/h4-14,16,24-25,27-31H,3,15H2,1-2H3. The zero-order valence-corrected chi connectivity index (χ0v) is 29.7. The smallest absolute Gasteiger partial charge is 0.339 e. The van der Waals surface area contributed by atoms with Gasteiger partial charge < -0.3 is 4.74 Å². The Morgan fingerprint density at radius 2 is 1.57 bits per heavy atom. The molecular weight excluding hydrogens is 780 g/mol. The molecule has 3 aliphatic rings. The maximum atomic E-state index is 13.8. The van der Waals surface area contributed by atoms with Crippen LogP contribution in [-0.2, 0) is 14.3 Å². The first-order chi connectivity index (χ1) is 22.1. The summed E-state index contributed by atoms with van der Waals surface area (Å²) < 4.78 is 6.63. The van der Waals surface area contributed by atoms with E-state index >= 15 is 0 Å². The molecular formula is C36H29Br3N2O5. The summed E-state index contributed by atoms with van der Waals surface area (Å²) in [6, 6.07) is 21.4. The fourth-order valence-corrected chi connectivity index (χ4v) is 9.91. The first kappa shape index (κ1) is 31.4. The Balaban J connectivity index is 1.21. The Morgan fingerprint density at radius 3 is 2.17 bits per heavy atom. The quantitative estimate of drug-likeness (QED) is 0.0812. The fraction of sp³-hybridized carbons (Fsp3) is 0.306. The normalized spacial score (nSPS) is 25.6. The molecule has 2 aliphatic carbocycles. The zero-order valence-electron chi connectivity index (χ0n) is 25.0. The molecule has 7 unspecified atom stereocenters. The number of nitrogens with zero attached hydrogens (tertiary/aromatic N) is 2. The van der Waals surface area contributed by atoms with E-state index in [4.69, 9.17) is 9.72 Å². The number of esters is 1. The third-order valence-electron chi connectivity index (χ3n) is 9.67. The molecule has 4 aromatic rings. The number of alkyl halides is 2. The first-order valence-corrected chi connectivity index (χ1v) is 17.9. The molecule has 2 bridgehead atoms. The van der Waals surface area contributed by atoms with Gasteiger partial charge in [0.2, 0.25) is 17.6 Å². The van der Waals surface area contributed by atoms with E-state index in [0.29, 0.717) is 39.8 Å². The number of benzene rings is 3. The average Bonchev–Trinajstić information content (AvgIpc) is 3.67. The number of hydrogen-bond donors (Lipinski definition) is 0. The zero-order chi connectivity index (χ0) is 32.4. The molecule has 0 radical (unpaired) electrons. The second-order valence-electron chi connectivity index (χ2n) is 12.3. The van der Waals surface area contributed by atoms with Gasteiger partial charge in [-0.25, -0.2) is 9.78 Å². The van der Waals surface area contributed by atoms with E-state index in [1.54, 1.807) is 42.5 Å². The molecule has 1 aliphatic heterocycles. The summed E-state index contributed by atoms with van der Waals surface area (Å²) in [5.41, 5.74) is 4.00. The van der Waals surface area contributed by atoms with Crippen molar-refractivity contribution in [2.75, 3.05) is 4.90 Å². The average molecular weight is 809 g/mol. The van der Waals surface area contributed by atoms with E-state index in [9.17, 15) is 19.2 Å². The third-order valence-corrected chi connectivity index (χ3v) is 13.3. The van der Waals surface area contributed by atoms with Crippen molar-refractivity contribution in [1.29, 1.82) is 0 Å². The molecule has 10 heteroatoms. The van der Waals surface area contributed by atoms with Crippen LogP contribution in [-0.4, -0.2) is 44.3 Å². The van der Waals surface area contributed by atoms with Crippen molar-refractivity contribution >= 4 is 87.9 Å². The van der Waals surface area contributed by atoms with Gasteiger partial charge in [0.25, 0.3) is 0 Å². The minimum absolute atomic E-state index is 0.135. The molecule has 1 saturated heterocycles. The number of pyridine rings is 1. The second kappa shape index (κ2) is 12.1. The molecule has 7 nitrogen and oxygen atoms in total. The topological polar surface area (TPSA) is 93.6 Å². The summed E-state index contributed by atoms with van der Waals surface area (Å²) in [6.07, 6.45) is 0.252. The molecule has 7 rings (SSSR count). The van der Waals surface area contributed by atoms with Crippen LogP contribution in [0.25, 0.3) is 22.2 Å². The Morgan fingerprint density at radius 1 is 0.935 bits per heavy atom. The third kappa shape index (κ3) is 5.08. The van der Waals surface area contributed by atoms with Crippen LogP contribution in [0.15, 0.2) is 77.3 Å². The number of carbonyl (C=O) groups excluding carboxylic acids is 4. The highest BCUT2D eigenvalue weighted by molar-refractivity contribution is 9.12. The number of fused-ring (bicyclic) bond motifs is 6. The molecule has 2 amide bonds. The monoisotopic (exact) mass is 806 g/mol. The van der Waals surface area contributed by atoms with Gasteiger partial charge >= 0.3 is 5.97 Å². The maximum Gasteiger partial charge on any atom is 0.339 e. The molecule has 46 heavy (non-hydrogen) atoms. The number of imide groups is 1. The van der Waals surface area contributed by atoms with Gasteiger partial charge in [0.15, 0.2) is 6.10 Å². The van der Waals surface area contributed by atoms with Gasteiger partial charge in [-0.15, -0.1) is 0 Å². The lowest BCUT2D eigenvalue weighted by Crippen LogP contribution is -2.37. The van der Waals surface area contributed by atoms with Crippen LogP contribution in [0.3, 0.4) is 0 Å². The van der Waals surface area contributed by atoms with Crippen LogP contribution in [0.1, 0.15) is 46.0 Å². The van der Waals surface area contributed by atoms with Gasteiger partial charge in [0, 0.05) is 30.6 Å². The summed E-state index contributed by atoms with van der Waals surface area (Å²) in [4.78, 5) is 60.6. The first-order valence-electron chi connectivity index (χ1n) is 15.3. The van der Waals surface area contributed by atoms with Crippen LogP contribution in [0.4, 0.5) is 5.69 Å². The minimum atomic E-state index is -0.945. The van der Waals surface area contributed by atoms with Gasteiger partial charge in [-0.2, -0.15) is 0 Å². The number of carbonyl (C=O) groups is 4. The number of aromatic nitrogens is 1. The van der Waals surface area contributed by atoms with Crippen LogP contribution in [0, 0.1) is 30.6 Å². The van der Waals surface area contributed by atoms with Crippen molar-refractivity contribution in [3.05, 3.63) is 94.0 Å². The summed E-state index contributed by atoms with van der Waals surface area (Å²) in [5, 5.41) is 0.601. The van der Waals surface area contributed by atoms with Crippen molar-refractivity contribution in [3.8, 4) is 11.3 Å². The van der Waals surface area contributed by atoms with Crippen LogP contribution in [0.2, 0.25) is 0 Å². The molecule has 2 saturated carbocycles. The predicted octanol–water partition coefficient (Wildman–Crippen LogP) is 8.07. The lowest BCUT2D eigenvalue weighted by Gasteiger charge is -2.28. The summed E-state index contributed by atoms with van der Waals surface area (Å²) >= 11 is 11.0. The number of ether oxygens (including phenoxy) is 1. The molecule has 0 spiro atoms. The largest absolute Gasteiger partial charge is 0.450 e. The Bertz CT molecular complexity index is 1880. The lowest BCUT2D eigenvalue weighted by atomic mass is 9.81. The SMILES string of the molecule is CCC(OC(=O)c1cc(-c2ccc(N3C(=O)C4C5CC(C(Br)C5Br)C4C3=O)cc2)nc2c(C)cc(Br)cc12)C(=O)c1ccccc1. The van der Waals surface area contributed by atoms with Gasteiger partial charge in [0.05, 0.1) is 34.3 Å². The number of ketones is 1. The van der Waals surface area contributed by atoms with Crippen molar-refractivity contribution in [1.82, 2.24) is 4.98 Å². The molecule has 0 N–H and O–H groups in total. The fourth-order valence-electron chi connectivity index (χ4n) is 7.46. The highest BCUT2D eigenvalue weighted by Crippen LogP contribution is 2.60. The van der Waals surface area contributed by atoms with Crippen molar-refractivity contribution < 1.29 is 23.9 Å². The minimum Gasteiger partial charge on any atom is -0.450 e. The molecule has 7 atom stereocenters. The van der Waals surface area contributed by atoms with Gasteiger partial charge in [0.1, 0.15) is 0 Å². The number of aryl methyl sites for hydroxylation is 1. The Hall–Kier alpha value is -3.21. The van der Waals surface area contributed by atoms with Crippen molar-refractivity contribution in [3.63, 3.8) is 0 Å². The van der Waals surface area contributed by atoms with Crippen LogP contribution >= 0.6 is 47.8 Å².